The molecule has 0 bridgehead atoms. The van der Waals surface area contributed by atoms with Crippen molar-refractivity contribution in [3.63, 3.8) is 0 Å². The molecule has 0 fully saturated rings. The standard InChI is InChI=1S/C25H21NO4/c1-4-24(27)29-23-12-8-11-21(17-23)26(19-9-6-5-7-10-19)20-13-15-22(16-14-20)30-25(28)18(2)3/h4-17H,1-2H2,3H3. The first-order valence-corrected chi connectivity index (χ1v) is 9.25. The summed E-state index contributed by atoms with van der Waals surface area (Å²) in [5, 5.41) is 0. The molecule has 30 heavy (non-hydrogen) atoms. The Bertz CT molecular complexity index is 1070. The molecule has 0 unspecified atom stereocenters. The molecule has 5 nitrogen and oxygen atoms in total. The van der Waals surface area contributed by atoms with Crippen molar-refractivity contribution >= 4 is 29.0 Å². The Morgan fingerprint density at radius 2 is 1.43 bits per heavy atom. The van der Waals surface area contributed by atoms with E-state index in [4.69, 9.17) is 9.47 Å². The Morgan fingerprint density at radius 1 is 0.800 bits per heavy atom. The second-order valence-electron chi connectivity index (χ2n) is 6.46. The van der Waals surface area contributed by atoms with Crippen LogP contribution in [0.25, 0.3) is 0 Å². The highest BCUT2D eigenvalue weighted by Gasteiger charge is 2.14. The van der Waals surface area contributed by atoms with Crippen LogP contribution in [0.3, 0.4) is 0 Å². The van der Waals surface area contributed by atoms with Crippen LogP contribution in [0.4, 0.5) is 17.1 Å². The molecule has 0 saturated heterocycles. The zero-order valence-electron chi connectivity index (χ0n) is 16.6. The van der Waals surface area contributed by atoms with E-state index in [9.17, 15) is 9.59 Å². The lowest BCUT2D eigenvalue weighted by Crippen LogP contribution is -2.11. The largest absolute Gasteiger partial charge is 0.423 e. The third-order valence-electron chi connectivity index (χ3n) is 4.13. The SMILES string of the molecule is C=CC(=O)Oc1cccc(N(c2ccccc2)c2ccc(OC(=O)C(=C)C)cc2)c1. The normalized spacial score (nSPS) is 10.0. The number of esters is 2. The number of carbonyl (C=O) groups excluding carboxylic acids is 2. The summed E-state index contributed by atoms with van der Waals surface area (Å²) in [6.07, 6.45) is 1.12. The third-order valence-corrected chi connectivity index (χ3v) is 4.13. The van der Waals surface area contributed by atoms with E-state index in [0.717, 1.165) is 23.1 Å². The van der Waals surface area contributed by atoms with Crippen LogP contribution in [0.2, 0.25) is 0 Å². The van der Waals surface area contributed by atoms with Gasteiger partial charge < -0.3 is 14.4 Å². The molecule has 0 atom stereocenters. The van der Waals surface area contributed by atoms with Crippen molar-refractivity contribution in [3.05, 3.63) is 104 Å². The molecule has 3 aromatic rings. The Hall–Kier alpha value is -4.12. The molecular weight excluding hydrogens is 378 g/mol. The molecule has 0 spiro atoms. The molecule has 0 amide bonds. The summed E-state index contributed by atoms with van der Waals surface area (Å²) < 4.78 is 10.5. The highest BCUT2D eigenvalue weighted by Crippen LogP contribution is 2.36. The first-order chi connectivity index (χ1) is 14.5. The van der Waals surface area contributed by atoms with Crippen LogP contribution in [0, 0.1) is 0 Å². The molecule has 0 radical (unpaired) electrons. The van der Waals surface area contributed by atoms with Crippen LogP contribution in [-0.4, -0.2) is 11.9 Å². The van der Waals surface area contributed by atoms with Crippen LogP contribution in [0.5, 0.6) is 11.5 Å². The summed E-state index contributed by atoms with van der Waals surface area (Å²) in [4.78, 5) is 25.3. The second kappa shape index (κ2) is 9.39. The minimum absolute atomic E-state index is 0.330. The average molecular weight is 399 g/mol. The van der Waals surface area contributed by atoms with E-state index in [1.165, 1.54) is 0 Å². The minimum atomic E-state index is -0.526. The molecule has 0 saturated carbocycles. The highest BCUT2D eigenvalue weighted by molar-refractivity contribution is 5.89. The van der Waals surface area contributed by atoms with Gasteiger partial charge in [0.1, 0.15) is 11.5 Å². The molecular formula is C25H21NO4. The smallest absolute Gasteiger partial charge is 0.338 e. The first-order valence-electron chi connectivity index (χ1n) is 9.25. The van der Waals surface area contributed by atoms with Gasteiger partial charge in [-0.1, -0.05) is 37.4 Å². The number of para-hydroxylation sites is 1. The summed E-state index contributed by atoms with van der Waals surface area (Å²) in [6.45, 7) is 8.61. The molecule has 5 heteroatoms. The van der Waals surface area contributed by atoms with Gasteiger partial charge in [-0.25, -0.2) is 9.59 Å². The van der Waals surface area contributed by atoms with Gasteiger partial charge in [-0.05, 0) is 55.5 Å². The van der Waals surface area contributed by atoms with Gasteiger partial charge in [-0.15, -0.1) is 0 Å². The van der Waals surface area contributed by atoms with E-state index >= 15 is 0 Å². The molecule has 3 rings (SSSR count). The van der Waals surface area contributed by atoms with E-state index in [0.29, 0.717) is 17.1 Å². The summed E-state index contributed by atoms with van der Waals surface area (Å²) >= 11 is 0. The predicted octanol–water partition coefficient (Wildman–Crippen LogP) is 5.73. The summed E-state index contributed by atoms with van der Waals surface area (Å²) in [7, 11) is 0. The van der Waals surface area contributed by atoms with Crippen molar-refractivity contribution in [2.45, 2.75) is 6.92 Å². The Morgan fingerprint density at radius 3 is 2.07 bits per heavy atom. The van der Waals surface area contributed by atoms with E-state index in [1.807, 2.05) is 53.4 Å². The molecule has 150 valence electrons. The van der Waals surface area contributed by atoms with Gasteiger partial charge in [0, 0.05) is 34.8 Å². The van der Waals surface area contributed by atoms with Crippen molar-refractivity contribution in [2.75, 3.05) is 4.90 Å². The van der Waals surface area contributed by atoms with E-state index in [2.05, 4.69) is 13.2 Å². The maximum absolute atomic E-state index is 11.7. The molecule has 0 heterocycles. The number of benzene rings is 3. The molecule has 3 aromatic carbocycles. The fourth-order valence-corrected chi connectivity index (χ4v) is 2.73. The molecule has 0 aliphatic rings. The molecule has 0 aliphatic heterocycles. The number of carbonyl (C=O) groups is 2. The maximum atomic E-state index is 11.7. The molecule has 0 aromatic heterocycles. The van der Waals surface area contributed by atoms with E-state index in [-0.39, 0.29) is 0 Å². The van der Waals surface area contributed by atoms with Crippen molar-refractivity contribution in [2.24, 2.45) is 0 Å². The van der Waals surface area contributed by atoms with Crippen LogP contribution < -0.4 is 14.4 Å². The van der Waals surface area contributed by atoms with Gasteiger partial charge in [0.15, 0.2) is 0 Å². The Kier molecular flexibility index (Phi) is 6.45. The number of ether oxygens (including phenoxy) is 2. The monoisotopic (exact) mass is 399 g/mol. The van der Waals surface area contributed by atoms with Crippen molar-refractivity contribution in [1.29, 1.82) is 0 Å². The lowest BCUT2D eigenvalue weighted by molar-refractivity contribution is -0.130. The Labute approximate surface area is 175 Å². The zero-order valence-corrected chi connectivity index (χ0v) is 16.6. The van der Waals surface area contributed by atoms with Crippen molar-refractivity contribution < 1.29 is 19.1 Å². The van der Waals surface area contributed by atoms with Gasteiger partial charge in [0.05, 0.1) is 0 Å². The van der Waals surface area contributed by atoms with Crippen LogP contribution in [-0.2, 0) is 9.59 Å². The van der Waals surface area contributed by atoms with E-state index < -0.39 is 11.9 Å². The zero-order chi connectivity index (χ0) is 21.5. The third kappa shape index (κ3) is 5.02. The van der Waals surface area contributed by atoms with E-state index in [1.54, 1.807) is 37.3 Å². The predicted molar refractivity (Wildman–Crippen MR) is 117 cm³/mol. The average Bonchev–Trinajstić information content (AvgIpc) is 2.76. The quantitative estimate of drug-likeness (QED) is 0.288. The van der Waals surface area contributed by atoms with Crippen LogP contribution in [0.15, 0.2) is 104 Å². The topological polar surface area (TPSA) is 55.8 Å². The van der Waals surface area contributed by atoms with Gasteiger partial charge >= 0.3 is 11.9 Å². The fraction of sp³-hybridized carbons (Fsp3) is 0.0400. The van der Waals surface area contributed by atoms with Crippen LogP contribution >= 0.6 is 0 Å². The Balaban J connectivity index is 1.98. The van der Waals surface area contributed by atoms with Gasteiger partial charge in [-0.2, -0.15) is 0 Å². The van der Waals surface area contributed by atoms with Crippen molar-refractivity contribution in [3.8, 4) is 11.5 Å². The summed E-state index contributed by atoms with van der Waals surface area (Å²) in [5.41, 5.74) is 2.87. The number of nitrogens with zero attached hydrogens (tertiary/aromatic N) is 1. The lowest BCUT2D eigenvalue weighted by atomic mass is 10.2. The number of anilines is 3. The maximum Gasteiger partial charge on any atom is 0.338 e. The number of hydrogen-bond acceptors (Lipinski definition) is 5. The first kappa shape index (κ1) is 20.6. The lowest BCUT2D eigenvalue weighted by Gasteiger charge is -2.25. The molecule has 0 aliphatic carbocycles. The van der Waals surface area contributed by atoms with Gasteiger partial charge in [0.2, 0.25) is 0 Å². The number of rotatable bonds is 7. The second-order valence-corrected chi connectivity index (χ2v) is 6.46. The molecule has 0 N–H and O–H groups in total. The minimum Gasteiger partial charge on any atom is -0.423 e. The van der Waals surface area contributed by atoms with Crippen LogP contribution in [0.1, 0.15) is 6.92 Å². The van der Waals surface area contributed by atoms with Gasteiger partial charge in [-0.3, -0.25) is 0 Å². The van der Waals surface area contributed by atoms with Crippen molar-refractivity contribution in [1.82, 2.24) is 0 Å². The fourth-order valence-electron chi connectivity index (χ4n) is 2.73. The number of hydrogen-bond donors (Lipinski definition) is 0. The highest BCUT2D eigenvalue weighted by atomic mass is 16.5. The van der Waals surface area contributed by atoms with Gasteiger partial charge in [0.25, 0.3) is 0 Å². The summed E-state index contributed by atoms with van der Waals surface area (Å²) in [5.74, 6) is -0.166. The summed E-state index contributed by atoms with van der Waals surface area (Å²) in [6, 6.07) is 24.1.